The molecule has 0 radical (unpaired) electrons. The van der Waals surface area contributed by atoms with Crippen molar-refractivity contribution in [3.8, 4) is 0 Å². The molecule has 0 aliphatic carbocycles. The quantitative estimate of drug-likeness (QED) is 0.808. The third-order valence-corrected chi connectivity index (χ3v) is 5.10. The Bertz CT molecular complexity index is 773. The molecule has 4 nitrogen and oxygen atoms in total. The SMILES string of the molecule is CCc1cc(Br)ccc1NS(=O)(=O)c1ccc(N)c(C)c1. The van der Waals surface area contributed by atoms with E-state index < -0.39 is 10.0 Å². The van der Waals surface area contributed by atoms with Gasteiger partial charge in [0.15, 0.2) is 0 Å². The van der Waals surface area contributed by atoms with Crippen LogP contribution in [0.15, 0.2) is 45.8 Å². The summed E-state index contributed by atoms with van der Waals surface area (Å²) in [7, 11) is -3.62. The van der Waals surface area contributed by atoms with Crippen molar-refractivity contribution in [1.82, 2.24) is 0 Å². The van der Waals surface area contributed by atoms with Gasteiger partial charge in [-0.15, -0.1) is 0 Å². The van der Waals surface area contributed by atoms with Crippen molar-refractivity contribution in [3.05, 3.63) is 52.0 Å². The lowest BCUT2D eigenvalue weighted by molar-refractivity contribution is 0.601. The number of hydrogen-bond acceptors (Lipinski definition) is 3. The maximum Gasteiger partial charge on any atom is 0.261 e. The Morgan fingerprint density at radius 3 is 2.52 bits per heavy atom. The Hall–Kier alpha value is -1.53. The predicted octanol–water partition coefficient (Wildman–Crippen LogP) is 3.70. The van der Waals surface area contributed by atoms with Crippen LogP contribution in [0.3, 0.4) is 0 Å². The Morgan fingerprint density at radius 2 is 1.90 bits per heavy atom. The summed E-state index contributed by atoms with van der Waals surface area (Å²) >= 11 is 3.39. The molecule has 0 fully saturated rings. The number of nitrogen functional groups attached to an aromatic ring is 1. The molecule has 0 spiro atoms. The standard InChI is InChI=1S/C15H17BrN2O2S/c1-3-11-9-12(16)4-7-15(11)18-21(19,20)13-5-6-14(17)10(2)8-13/h4-9,18H,3,17H2,1-2H3. The summed E-state index contributed by atoms with van der Waals surface area (Å²) in [5.74, 6) is 0. The number of aryl methyl sites for hydroxylation is 2. The predicted molar refractivity (Wildman–Crippen MR) is 89.9 cm³/mol. The number of nitrogens with one attached hydrogen (secondary N) is 1. The summed E-state index contributed by atoms with van der Waals surface area (Å²) in [6.07, 6.45) is 0.734. The van der Waals surface area contributed by atoms with Gasteiger partial charge in [0.05, 0.1) is 10.6 Å². The Kier molecular flexibility index (Phi) is 4.58. The molecule has 0 saturated carbocycles. The zero-order chi connectivity index (χ0) is 15.6. The second kappa shape index (κ2) is 6.07. The number of rotatable bonds is 4. The molecule has 21 heavy (non-hydrogen) atoms. The molecular formula is C15H17BrN2O2S. The minimum Gasteiger partial charge on any atom is -0.399 e. The minimum absolute atomic E-state index is 0.208. The lowest BCUT2D eigenvalue weighted by atomic mass is 10.1. The first-order valence-electron chi connectivity index (χ1n) is 6.51. The highest BCUT2D eigenvalue weighted by Crippen LogP contribution is 2.25. The first-order valence-corrected chi connectivity index (χ1v) is 8.78. The summed E-state index contributed by atoms with van der Waals surface area (Å²) in [5.41, 5.74) is 8.57. The van der Waals surface area contributed by atoms with E-state index in [1.165, 1.54) is 6.07 Å². The first-order chi connectivity index (χ1) is 9.83. The fourth-order valence-corrected chi connectivity index (χ4v) is 3.57. The fourth-order valence-electron chi connectivity index (χ4n) is 1.97. The highest BCUT2D eigenvalue weighted by Gasteiger charge is 2.16. The van der Waals surface area contributed by atoms with Gasteiger partial charge in [-0.1, -0.05) is 22.9 Å². The van der Waals surface area contributed by atoms with Crippen molar-refractivity contribution in [2.24, 2.45) is 0 Å². The van der Waals surface area contributed by atoms with Crippen LogP contribution in [0.4, 0.5) is 11.4 Å². The van der Waals surface area contributed by atoms with Crippen molar-refractivity contribution >= 4 is 37.3 Å². The minimum atomic E-state index is -3.62. The largest absolute Gasteiger partial charge is 0.399 e. The number of sulfonamides is 1. The Labute approximate surface area is 133 Å². The lowest BCUT2D eigenvalue weighted by Crippen LogP contribution is -2.14. The van der Waals surface area contributed by atoms with Gasteiger partial charge in [-0.25, -0.2) is 8.42 Å². The zero-order valence-corrected chi connectivity index (χ0v) is 14.3. The van der Waals surface area contributed by atoms with E-state index in [2.05, 4.69) is 20.7 Å². The molecule has 3 N–H and O–H groups in total. The molecule has 0 amide bonds. The van der Waals surface area contributed by atoms with Gasteiger partial charge in [-0.2, -0.15) is 0 Å². The number of anilines is 2. The maximum atomic E-state index is 12.5. The number of benzene rings is 2. The van der Waals surface area contributed by atoms with Gasteiger partial charge in [-0.05, 0) is 60.9 Å². The van der Waals surface area contributed by atoms with Crippen LogP contribution in [0.1, 0.15) is 18.1 Å². The average Bonchev–Trinajstić information content (AvgIpc) is 2.43. The van der Waals surface area contributed by atoms with Crippen LogP contribution in [0.5, 0.6) is 0 Å². The van der Waals surface area contributed by atoms with Gasteiger partial charge >= 0.3 is 0 Å². The smallest absolute Gasteiger partial charge is 0.261 e. The summed E-state index contributed by atoms with van der Waals surface area (Å²) < 4.78 is 28.5. The van der Waals surface area contributed by atoms with Crippen LogP contribution < -0.4 is 10.5 Å². The first kappa shape index (κ1) is 15.9. The van der Waals surface area contributed by atoms with E-state index in [1.807, 2.05) is 19.1 Å². The molecule has 0 unspecified atom stereocenters. The van der Waals surface area contributed by atoms with Crippen molar-refractivity contribution < 1.29 is 8.42 Å². The highest BCUT2D eigenvalue weighted by molar-refractivity contribution is 9.10. The molecule has 0 aliphatic rings. The van der Waals surface area contributed by atoms with Crippen LogP contribution in [-0.4, -0.2) is 8.42 Å². The molecular weight excluding hydrogens is 352 g/mol. The number of nitrogens with two attached hydrogens (primary N) is 1. The second-order valence-electron chi connectivity index (χ2n) is 4.78. The van der Waals surface area contributed by atoms with E-state index in [9.17, 15) is 8.42 Å². The Morgan fingerprint density at radius 1 is 1.19 bits per heavy atom. The van der Waals surface area contributed by atoms with Gasteiger partial charge in [0.2, 0.25) is 0 Å². The average molecular weight is 369 g/mol. The number of hydrogen-bond donors (Lipinski definition) is 2. The van der Waals surface area contributed by atoms with E-state index >= 15 is 0 Å². The monoisotopic (exact) mass is 368 g/mol. The molecule has 112 valence electrons. The molecule has 2 aromatic rings. The maximum absolute atomic E-state index is 12.5. The van der Waals surface area contributed by atoms with Gasteiger partial charge in [-0.3, -0.25) is 4.72 Å². The lowest BCUT2D eigenvalue weighted by Gasteiger charge is -2.13. The molecule has 2 rings (SSSR count). The third-order valence-electron chi connectivity index (χ3n) is 3.24. The topological polar surface area (TPSA) is 72.2 Å². The van der Waals surface area contributed by atoms with E-state index in [0.717, 1.165) is 22.0 Å². The molecule has 0 aliphatic heterocycles. The van der Waals surface area contributed by atoms with Crippen molar-refractivity contribution in [3.63, 3.8) is 0 Å². The van der Waals surface area contributed by atoms with Gasteiger partial charge in [0, 0.05) is 10.2 Å². The van der Waals surface area contributed by atoms with E-state index in [0.29, 0.717) is 11.4 Å². The van der Waals surface area contributed by atoms with E-state index in [4.69, 9.17) is 5.73 Å². The summed E-state index contributed by atoms with van der Waals surface area (Å²) in [4.78, 5) is 0.208. The molecule has 0 saturated heterocycles. The third kappa shape index (κ3) is 3.57. The van der Waals surface area contributed by atoms with Crippen LogP contribution >= 0.6 is 15.9 Å². The summed E-state index contributed by atoms with van der Waals surface area (Å²) in [6, 6.07) is 10.2. The Balaban J connectivity index is 2.39. The zero-order valence-electron chi connectivity index (χ0n) is 11.9. The normalized spacial score (nSPS) is 11.4. The van der Waals surface area contributed by atoms with E-state index in [1.54, 1.807) is 25.1 Å². The van der Waals surface area contributed by atoms with E-state index in [-0.39, 0.29) is 4.90 Å². The van der Waals surface area contributed by atoms with Gasteiger partial charge < -0.3 is 5.73 Å². The van der Waals surface area contributed by atoms with Gasteiger partial charge in [0.25, 0.3) is 10.0 Å². The molecule has 0 atom stereocenters. The molecule has 0 aromatic heterocycles. The molecule has 6 heteroatoms. The second-order valence-corrected chi connectivity index (χ2v) is 7.38. The van der Waals surface area contributed by atoms with Crippen LogP contribution in [0.25, 0.3) is 0 Å². The van der Waals surface area contributed by atoms with Crippen LogP contribution in [0, 0.1) is 6.92 Å². The molecule has 0 heterocycles. The van der Waals surface area contributed by atoms with Crippen molar-refractivity contribution in [2.45, 2.75) is 25.2 Å². The molecule has 2 aromatic carbocycles. The number of halogens is 1. The summed E-state index contributed by atoms with van der Waals surface area (Å²) in [6.45, 7) is 3.76. The van der Waals surface area contributed by atoms with Crippen LogP contribution in [0.2, 0.25) is 0 Å². The van der Waals surface area contributed by atoms with Crippen molar-refractivity contribution in [1.29, 1.82) is 0 Å². The summed E-state index contributed by atoms with van der Waals surface area (Å²) in [5, 5.41) is 0. The van der Waals surface area contributed by atoms with Crippen LogP contribution in [-0.2, 0) is 16.4 Å². The fraction of sp³-hybridized carbons (Fsp3) is 0.200. The highest BCUT2D eigenvalue weighted by atomic mass is 79.9. The van der Waals surface area contributed by atoms with Gasteiger partial charge in [0.1, 0.15) is 0 Å². The van der Waals surface area contributed by atoms with Crippen molar-refractivity contribution in [2.75, 3.05) is 10.5 Å². The molecule has 0 bridgehead atoms.